The second-order valence-electron chi connectivity index (χ2n) is 7.18. The maximum atomic E-state index is 5.47. The number of nitrogens with zero attached hydrogens (tertiary/aromatic N) is 5. The minimum absolute atomic E-state index is 0. The van der Waals surface area contributed by atoms with E-state index in [0.29, 0.717) is 13.2 Å². The van der Waals surface area contributed by atoms with Crippen molar-refractivity contribution in [2.45, 2.75) is 45.5 Å². The van der Waals surface area contributed by atoms with Crippen LogP contribution in [0.4, 0.5) is 0 Å². The van der Waals surface area contributed by atoms with E-state index in [9.17, 15) is 0 Å². The first-order valence-electron chi connectivity index (χ1n) is 10.2. The lowest BCUT2D eigenvalue weighted by molar-refractivity contribution is 0.177. The van der Waals surface area contributed by atoms with Crippen LogP contribution in [-0.2, 0) is 30.9 Å². The third-order valence-electron chi connectivity index (χ3n) is 4.88. The Morgan fingerprint density at radius 3 is 2.94 bits per heavy atom. The van der Waals surface area contributed by atoms with Crippen LogP contribution >= 0.6 is 24.0 Å². The first kappa shape index (κ1) is 23.2. The molecule has 3 aromatic rings. The maximum absolute atomic E-state index is 5.47. The van der Waals surface area contributed by atoms with Crippen molar-refractivity contribution in [3.8, 4) is 11.3 Å². The molecule has 1 unspecified atom stereocenters. The molecule has 0 bridgehead atoms. The number of fused-ring (bicyclic) bond motifs is 1. The SMILES string of the molecule is CCNC(=NCc1cc(-c2ccccc2)on1)NC1CCc2nc(COC)nn2C1.I. The standard InChI is InChI=1S/C21H27N7O2.HI/c1-3-22-21(23-12-17-11-18(30-27-17)15-7-5-4-6-8-15)24-16-9-10-20-25-19(14-29-2)26-28(20)13-16;/h4-8,11,16H,3,9-10,12-14H2,1-2H3,(H2,22,23,24);1H. The zero-order valence-corrected chi connectivity index (χ0v) is 20.1. The van der Waals surface area contributed by atoms with Crippen LogP contribution in [0.3, 0.4) is 0 Å². The molecule has 2 N–H and O–H groups in total. The van der Waals surface area contributed by atoms with E-state index in [4.69, 9.17) is 9.26 Å². The Kier molecular flexibility index (Phi) is 8.41. The molecule has 31 heavy (non-hydrogen) atoms. The van der Waals surface area contributed by atoms with Crippen LogP contribution in [0, 0.1) is 0 Å². The topological polar surface area (TPSA) is 102 Å². The average molecular weight is 537 g/mol. The Morgan fingerprint density at radius 2 is 2.16 bits per heavy atom. The summed E-state index contributed by atoms with van der Waals surface area (Å²) in [5, 5.41) is 15.5. The van der Waals surface area contributed by atoms with Crippen LogP contribution in [0.5, 0.6) is 0 Å². The van der Waals surface area contributed by atoms with Crippen molar-refractivity contribution in [1.82, 2.24) is 30.6 Å². The molecule has 0 spiro atoms. The maximum Gasteiger partial charge on any atom is 0.191 e. The van der Waals surface area contributed by atoms with Gasteiger partial charge in [0.2, 0.25) is 0 Å². The number of hydrogen-bond acceptors (Lipinski definition) is 6. The lowest BCUT2D eigenvalue weighted by Gasteiger charge is -2.25. The highest BCUT2D eigenvalue weighted by Crippen LogP contribution is 2.20. The van der Waals surface area contributed by atoms with Crippen molar-refractivity contribution in [2.75, 3.05) is 13.7 Å². The van der Waals surface area contributed by atoms with Gasteiger partial charge in [0, 0.05) is 37.7 Å². The van der Waals surface area contributed by atoms with Crippen LogP contribution in [0.25, 0.3) is 11.3 Å². The number of nitrogens with one attached hydrogen (secondary N) is 2. The minimum atomic E-state index is 0. The summed E-state index contributed by atoms with van der Waals surface area (Å²) in [6, 6.07) is 12.1. The summed E-state index contributed by atoms with van der Waals surface area (Å²) in [7, 11) is 1.65. The summed E-state index contributed by atoms with van der Waals surface area (Å²) in [5.41, 5.74) is 1.79. The van der Waals surface area contributed by atoms with Crippen LogP contribution < -0.4 is 10.6 Å². The number of aryl methyl sites for hydroxylation is 1. The molecule has 0 saturated heterocycles. The number of methoxy groups -OCH3 is 1. The molecule has 2 aromatic heterocycles. The van der Waals surface area contributed by atoms with Gasteiger partial charge in [0.1, 0.15) is 18.1 Å². The molecule has 166 valence electrons. The van der Waals surface area contributed by atoms with Gasteiger partial charge in [0.25, 0.3) is 0 Å². The lowest BCUT2D eigenvalue weighted by Crippen LogP contribution is -2.47. The Labute approximate surface area is 198 Å². The molecule has 1 atom stereocenters. The minimum Gasteiger partial charge on any atom is -0.377 e. The number of ether oxygens (including phenoxy) is 1. The monoisotopic (exact) mass is 537 g/mol. The normalized spacial score (nSPS) is 15.8. The van der Waals surface area contributed by atoms with Gasteiger partial charge < -0.3 is 19.9 Å². The largest absolute Gasteiger partial charge is 0.377 e. The van der Waals surface area contributed by atoms with Gasteiger partial charge in [-0.15, -0.1) is 24.0 Å². The van der Waals surface area contributed by atoms with Gasteiger partial charge in [-0.1, -0.05) is 35.5 Å². The van der Waals surface area contributed by atoms with Gasteiger partial charge in [0.15, 0.2) is 17.5 Å². The molecule has 1 aliphatic heterocycles. The number of halogens is 1. The van der Waals surface area contributed by atoms with Crippen LogP contribution in [0.2, 0.25) is 0 Å². The fourth-order valence-electron chi connectivity index (χ4n) is 3.47. The number of benzene rings is 1. The van der Waals surface area contributed by atoms with E-state index in [2.05, 4.69) is 30.9 Å². The predicted molar refractivity (Wildman–Crippen MR) is 128 cm³/mol. The molecule has 0 fully saturated rings. The van der Waals surface area contributed by atoms with Gasteiger partial charge in [-0.3, -0.25) is 0 Å². The number of hydrogen-bond donors (Lipinski definition) is 2. The first-order valence-corrected chi connectivity index (χ1v) is 10.2. The van der Waals surface area contributed by atoms with E-state index in [1.54, 1.807) is 7.11 Å². The van der Waals surface area contributed by atoms with Gasteiger partial charge >= 0.3 is 0 Å². The highest BCUT2D eigenvalue weighted by Gasteiger charge is 2.22. The zero-order valence-electron chi connectivity index (χ0n) is 17.7. The summed E-state index contributed by atoms with van der Waals surface area (Å²) >= 11 is 0. The molecule has 10 heteroatoms. The highest BCUT2D eigenvalue weighted by atomic mass is 127. The second kappa shape index (κ2) is 11.2. The number of aromatic nitrogens is 4. The van der Waals surface area contributed by atoms with E-state index in [-0.39, 0.29) is 30.0 Å². The summed E-state index contributed by atoms with van der Waals surface area (Å²) < 4.78 is 12.6. The van der Waals surface area contributed by atoms with Crippen molar-refractivity contribution in [2.24, 2.45) is 4.99 Å². The quantitative estimate of drug-likeness (QED) is 0.272. The van der Waals surface area contributed by atoms with Gasteiger partial charge in [-0.25, -0.2) is 14.7 Å². The highest BCUT2D eigenvalue weighted by molar-refractivity contribution is 14.0. The molecule has 0 aliphatic carbocycles. The molecule has 9 nitrogen and oxygen atoms in total. The molecule has 0 saturated carbocycles. The molecule has 0 amide bonds. The van der Waals surface area contributed by atoms with Crippen LogP contribution in [0.1, 0.15) is 30.7 Å². The number of aliphatic imine (C=N–C) groups is 1. The zero-order chi connectivity index (χ0) is 20.8. The van der Waals surface area contributed by atoms with Crippen molar-refractivity contribution in [1.29, 1.82) is 0 Å². The summed E-state index contributed by atoms with van der Waals surface area (Å²) in [6.07, 6.45) is 1.84. The summed E-state index contributed by atoms with van der Waals surface area (Å²) in [5.74, 6) is 3.25. The molecule has 4 rings (SSSR count). The van der Waals surface area contributed by atoms with Crippen molar-refractivity contribution in [3.63, 3.8) is 0 Å². The Hall–Kier alpha value is -2.47. The molecule has 1 aromatic carbocycles. The van der Waals surface area contributed by atoms with E-state index < -0.39 is 0 Å². The summed E-state index contributed by atoms with van der Waals surface area (Å²) in [4.78, 5) is 9.21. The molecular weight excluding hydrogens is 509 g/mol. The van der Waals surface area contributed by atoms with Gasteiger partial charge in [0.05, 0.1) is 13.1 Å². The number of rotatable bonds is 7. The van der Waals surface area contributed by atoms with E-state index in [0.717, 1.165) is 60.6 Å². The Balaban J connectivity index is 0.00000272. The third kappa shape index (κ3) is 6.03. The molecular formula is C21H28IN7O2. The Bertz CT molecular complexity index is 987. The first-order chi connectivity index (χ1) is 14.7. The summed E-state index contributed by atoms with van der Waals surface area (Å²) in [6.45, 7) is 4.45. The lowest BCUT2D eigenvalue weighted by atomic mass is 10.1. The smallest absolute Gasteiger partial charge is 0.191 e. The van der Waals surface area contributed by atoms with Crippen LogP contribution in [-0.4, -0.2) is 45.6 Å². The second-order valence-corrected chi connectivity index (χ2v) is 7.18. The van der Waals surface area contributed by atoms with Gasteiger partial charge in [-0.05, 0) is 13.3 Å². The van der Waals surface area contributed by atoms with E-state index in [1.807, 2.05) is 48.0 Å². The van der Waals surface area contributed by atoms with E-state index >= 15 is 0 Å². The third-order valence-corrected chi connectivity index (χ3v) is 4.88. The van der Waals surface area contributed by atoms with Gasteiger partial charge in [-0.2, -0.15) is 5.10 Å². The fourth-order valence-corrected chi connectivity index (χ4v) is 3.47. The molecule has 3 heterocycles. The fraction of sp³-hybridized carbons (Fsp3) is 0.429. The van der Waals surface area contributed by atoms with Crippen molar-refractivity contribution >= 4 is 29.9 Å². The number of guanidine groups is 1. The van der Waals surface area contributed by atoms with Crippen LogP contribution in [0.15, 0.2) is 45.9 Å². The predicted octanol–water partition coefficient (Wildman–Crippen LogP) is 2.77. The van der Waals surface area contributed by atoms with E-state index in [1.165, 1.54) is 0 Å². The van der Waals surface area contributed by atoms with Crippen molar-refractivity contribution in [3.05, 3.63) is 53.7 Å². The van der Waals surface area contributed by atoms with Crippen molar-refractivity contribution < 1.29 is 9.26 Å². The molecule has 0 radical (unpaired) electrons. The molecule has 1 aliphatic rings. The average Bonchev–Trinajstić information content (AvgIpc) is 3.39. The Morgan fingerprint density at radius 1 is 1.32 bits per heavy atom.